The molecule has 0 bridgehead atoms. The minimum atomic E-state index is -0.811. The van der Waals surface area contributed by atoms with E-state index >= 15 is 0 Å². The first kappa shape index (κ1) is 14.1. The summed E-state index contributed by atoms with van der Waals surface area (Å²) in [5.74, 6) is 4.14. The van der Waals surface area contributed by atoms with Crippen molar-refractivity contribution in [2.24, 2.45) is 5.41 Å². The number of carbonyl (C=O) groups is 2. The number of hydrogen-bond donors (Lipinski definition) is 2. The molecule has 0 aromatic heterocycles. The summed E-state index contributed by atoms with van der Waals surface area (Å²) in [6, 6.07) is 9.27. The molecule has 0 unspecified atom stereocenters. The first-order valence-electron chi connectivity index (χ1n) is 6.66. The van der Waals surface area contributed by atoms with Crippen LogP contribution in [0.5, 0.6) is 0 Å². The Labute approximate surface area is 118 Å². The molecule has 1 amide bonds. The maximum Gasteiger partial charge on any atom is 0.303 e. The van der Waals surface area contributed by atoms with Crippen LogP contribution in [0.3, 0.4) is 0 Å². The molecule has 4 heteroatoms. The number of hydrogen-bond acceptors (Lipinski definition) is 2. The van der Waals surface area contributed by atoms with E-state index in [1.54, 1.807) is 0 Å². The molecular weight excluding hydrogens is 254 g/mol. The Hall–Kier alpha value is -2.28. The number of aliphatic carboxylic acids is 1. The molecule has 0 spiro atoms. The van der Waals surface area contributed by atoms with Crippen molar-refractivity contribution in [2.45, 2.75) is 25.7 Å². The predicted molar refractivity (Wildman–Crippen MR) is 74.9 cm³/mol. The zero-order chi connectivity index (χ0) is 14.4. The van der Waals surface area contributed by atoms with Gasteiger partial charge in [0, 0.05) is 18.0 Å². The fourth-order valence-corrected chi connectivity index (χ4v) is 2.38. The van der Waals surface area contributed by atoms with Crippen molar-refractivity contribution >= 4 is 11.9 Å². The van der Waals surface area contributed by atoms with Gasteiger partial charge in [-0.2, -0.15) is 0 Å². The second kappa shape index (κ2) is 6.25. The number of amides is 1. The fraction of sp³-hybridized carbons (Fsp3) is 0.375. The predicted octanol–water partition coefficient (Wildman–Crippen LogP) is 1.80. The van der Waals surface area contributed by atoms with E-state index in [1.165, 1.54) is 0 Å². The molecule has 1 aliphatic rings. The van der Waals surface area contributed by atoms with Crippen molar-refractivity contribution in [2.75, 3.05) is 6.54 Å². The van der Waals surface area contributed by atoms with Gasteiger partial charge in [-0.05, 0) is 30.4 Å². The van der Waals surface area contributed by atoms with E-state index in [9.17, 15) is 9.59 Å². The molecule has 1 saturated carbocycles. The van der Waals surface area contributed by atoms with Gasteiger partial charge < -0.3 is 10.4 Å². The van der Waals surface area contributed by atoms with Crippen LogP contribution < -0.4 is 5.32 Å². The third-order valence-electron chi connectivity index (χ3n) is 3.66. The summed E-state index contributed by atoms with van der Waals surface area (Å²) in [5.41, 5.74) is 0.516. The summed E-state index contributed by atoms with van der Waals surface area (Å²) in [6.07, 6.45) is 2.84. The van der Waals surface area contributed by atoms with E-state index in [0.717, 1.165) is 24.8 Å². The number of rotatable bonds is 4. The third kappa shape index (κ3) is 3.86. The highest BCUT2D eigenvalue weighted by Crippen LogP contribution is 2.43. The molecule has 2 rings (SSSR count). The van der Waals surface area contributed by atoms with Crippen molar-refractivity contribution in [1.82, 2.24) is 5.32 Å². The van der Waals surface area contributed by atoms with E-state index in [2.05, 4.69) is 17.2 Å². The van der Waals surface area contributed by atoms with Gasteiger partial charge >= 0.3 is 5.97 Å². The number of carboxylic acid groups (broad SMARTS) is 1. The Morgan fingerprint density at radius 2 is 1.95 bits per heavy atom. The molecule has 104 valence electrons. The number of carbonyl (C=O) groups excluding carboxylic acids is 1. The Kier molecular flexibility index (Phi) is 4.41. The molecule has 20 heavy (non-hydrogen) atoms. The highest BCUT2D eigenvalue weighted by molar-refractivity contribution is 5.94. The number of benzene rings is 1. The van der Waals surface area contributed by atoms with Crippen LogP contribution in [0.1, 0.15) is 31.2 Å². The van der Waals surface area contributed by atoms with E-state index in [1.807, 2.05) is 30.3 Å². The Balaban J connectivity index is 1.86. The van der Waals surface area contributed by atoms with Crippen molar-refractivity contribution < 1.29 is 14.7 Å². The smallest absolute Gasteiger partial charge is 0.303 e. The van der Waals surface area contributed by atoms with Crippen molar-refractivity contribution in [3.8, 4) is 11.8 Å². The lowest BCUT2D eigenvalue weighted by atomic mass is 9.66. The largest absolute Gasteiger partial charge is 0.481 e. The number of carboxylic acids is 1. The van der Waals surface area contributed by atoms with Crippen LogP contribution in [0.25, 0.3) is 0 Å². The quantitative estimate of drug-likeness (QED) is 0.821. The lowest BCUT2D eigenvalue weighted by Crippen LogP contribution is -2.43. The van der Waals surface area contributed by atoms with Gasteiger partial charge in [-0.3, -0.25) is 9.59 Å². The van der Waals surface area contributed by atoms with Crippen LogP contribution in [0.15, 0.2) is 30.3 Å². The Bertz CT molecular complexity index is 550. The summed E-state index contributed by atoms with van der Waals surface area (Å²) >= 11 is 0. The normalized spacial score (nSPS) is 15.4. The van der Waals surface area contributed by atoms with Crippen LogP contribution in [0.2, 0.25) is 0 Å². The summed E-state index contributed by atoms with van der Waals surface area (Å²) in [4.78, 5) is 22.5. The molecular formula is C16H17NO3. The van der Waals surface area contributed by atoms with E-state index in [4.69, 9.17) is 5.11 Å². The lowest BCUT2D eigenvalue weighted by molar-refractivity contribution is -0.141. The lowest BCUT2D eigenvalue weighted by Gasteiger charge is -2.40. The monoisotopic (exact) mass is 271 g/mol. The summed E-state index contributed by atoms with van der Waals surface area (Å²) in [6.45, 7) is 0.390. The average molecular weight is 271 g/mol. The van der Waals surface area contributed by atoms with Gasteiger partial charge in [0.1, 0.15) is 0 Å². The van der Waals surface area contributed by atoms with Crippen LogP contribution in [0.4, 0.5) is 0 Å². The van der Waals surface area contributed by atoms with Crippen LogP contribution in [0, 0.1) is 17.3 Å². The maximum absolute atomic E-state index is 11.7. The number of nitrogens with one attached hydrogen (secondary N) is 1. The first-order chi connectivity index (χ1) is 9.60. The Morgan fingerprint density at radius 1 is 1.25 bits per heavy atom. The van der Waals surface area contributed by atoms with E-state index in [-0.39, 0.29) is 17.7 Å². The summed E-state index contributed by atoms with van der Waals surface area (Å²) < 4.78 is 0. The van der Waals surface area contributed by atoms with Gasteiger partial charge in [0.25, 0.3) is 5.91 Å². The Morgan fingerprint density at radius 3 is 2.50 bits per heavy atom. The molecule has 0 heterocycles. The highest BCUT2D eigenvalue weighted by Gasteiger charge is 2.39. The fourth-order valence-electron chi connectivity index (χ4n) is 2.38. The summed E-state index contributed by atoms with van der Waals surface area (Å²) in [5, 5.41) is 11.6. The van der Waals surface area contributed by atoms with Crippen molar-refractivity contribution in [3.05, 3.63) is 35.9 Å². The van der Waals surface area contributed by atoms with Gasteiger partial charge in [0.2, 0.25) is 0 Å². The molecule has 2 N–H and O–H groups in total. The molecule has 1 aromatic carbocycles. The average Bonchev–Trinajstić information content (AvgIpc) is 2.40. The van der Waals surface area contributed by atoms with Crippen LogP contribution >= 0.6 is 0 Å². The molecule has 0 aliphatic heterocycles. The molecule has 0 saturated heterocycles. The van der Waals surface area contributed by atoms with Gasteiger partial charge in [0.15, 0.2) is 0 Å². The molecule has 4 nitrogen and oxygen atoms in total. The SMILES string of the molecule is O=C(O)CC1(CNC(=O)C#Cc2ccccc2)CCC1. The molecule has 1 fully saturated rings. The van der Waals surface area contributed by atoms with Gasteiger partial charge in [-0.1, -0.05) is 30.5 Å². The van der Waals surface area contributed by atoms with Crippen LogP contribution in [-0.4, -0.2) is 23.5 Å². The second-order valence-electron chi connectivity index (χ2n) is 5.22. The second-order valence-corrected chi connectivity index (χ2v) is 5.22. The third-order valence-corrected chi connectivity index (χ3v) is 3.66. The molecule has 1 aromatic rings. The maximum atomic E-state index is 11.7. The van der Waals surface area contributed by atoms with Gasteiger partial charge in [0.05, 0.1) is 6.42 Å². The zero-order valence-corrected chi connectivity index (χ0v) is 11.2. The molecule has 0 radical (unpaired) electrons. The van der Waals surface area contributed by atoms with Crippen molar-refractivity contribution in [1.29, 1.82) is 0 Å². The summed E-state index contributed by atoms with van der Waals surface area (Å²) in [7, 11) is 0. The van der Waals surface area contributed by atoms with Crippen LogP contribution in [-0.2, 0) is 9.59 Å². The molecule has 1 aliphatic carbocycles. The minimum absolute atomic E-state index is 0.111. The van der Waals surface area contributed by atoms with E-state index < -0.39 is 5.97 Å². The zero-order valence-electron chi connectivity index (χ0n) is 11.2. The van der Waals surface area contributed by atoms with Gasteiger partial charge in [-0.15, -0.1) is 0 Å². The van der Waals surface area contributed by atoms with Crippen molar-refractivity contribution in [3.63, 3.8) is 0 Å². The first-order valence-corrected chi connectivity index (χ1v) is 6.66. The molecule has 0 atom stereocenters. The van der Waals surface area contributed by atoms with Gasteiger partial charge in [-0.25, -0.2) is 0 Å². The topological polar surface area (TPSA) is 66.4 Å². The minimum Gasteiger partial charge on any atom is -0.481 e. The highest BCUT2D eigenvalue weighted by atomic mass is 16.4. The standard InChI is InChI=1S/C16H17NO3/c18-14(8-7-13-5-2-1-3-6-13)17-12-16(9-4-10-16)11-15(19)20/h1-3,5-6H,4,9-12H2,(H,17,18)(H,19,20). The van der Waals surface area contributed by atoms with E-state index in [0.29, 0.717) is 6.54 Å².